The lowest BCUT2D eigenvalue weighted by Crippen LogP contribution is -2.46. The minimum atomic E-state index is -0.259. The van der Waals surface area contributed by atoms with E-state index in [0.29, 0.717) is 30.8 Å². The fourth-order valence-corrected chi connectivity index (χ4v) is 3.76. The number of halogens is 1. The van der Waals surface area contributed by atoms with Gasteiger partial charge in [0.1, 0.15) is 11.5 Å². The van der Waals surface area contributed by atoms with Crippen LogP contribution in [0.4, 0.5) is 4.39 Å². The molecule has 1 saturated heterocycles. The third-order valence-electron chi connectivity index (χ3n) is 4.26. The van der Waals surface area contributed by atoms with E-state index in [1.54, 1.807) is 28.5 Å². The van der Waals surface area contributed by atoms with Crippen LogP contribution in [0.1, 0.15) is 40.8 Å². The smallest absolute Gasteiger partial charge is 0.273 e. The van der Waals surface area contributed by atoms with E-state index >= 15 is 0 Å². The minimum absolute atomic E-state index is 0.0398. The number of benzene rings is 1. The first kappa shape index (κ1) is 17.5. The molecular weight excluding hydrogens is 341 g/mol. The Hall–Kier alpha value is -2.28. The molecule has 1 N–H and O–H groups in total. The number of thiazole rings is 1. The molecule has 1 aliphatic heterocycles. The summed E-state index contributed by atoms with van der Waals surface area (Å²) in [5, 5.41) is 5.35. The average molecular weight is 361 g/mol. The molecule has 0 radical (unpaired) electrons. The van der Waals surface area contributed by atoms with E-state index in [4.69, 9.17) is 0 Å². The van der Waals surface area contributed by atoms with Gasteiger partial charge >= 0.3 is 0 Å². The number of amides is 2. The number of piperidine rings is 1. The second kappa shape index (κ2) is 7.74. The highest BCUT2D eigenvalue weighted by Crippen LogP contribution is 2.19. The average Bonchev–Trinajstić information content (AvgIpc) is 3.05. The van der Waals surface area contributed by atoms with Crippen LogP contribution in [0.2, 0.25) is 0 Å². The van der Waals surface area contributed by atoms with Crippen LogP contribution in [0.3, 0.4) is 0 Å². The Balaban J connectivity index is 1.60. The number of aromatic nitrogens is 1. The maximum atomic E-state index is 13.7. The Bertz CT molecular complexity index is 769. The van der Waals surface area contributed by atoms with Gasteiger partial charge in [0, 0.05) is 37.9 Å². The second-order valence-electron chi connectivity index (χ2n) is 6.16. The number of likely N-dealkylation sites (tertiary alicyclic amines) is 1. The van der Waals surface area contributed by atoms with E-state index in [0.717, 1.165) is 17.8 Å². The van der Waals surface area contributed by atoms with Crippen LogP contribution >= 0.6 is 11.3 Å². The van der Waals surface area contributed by atoms with Gasteiger partial charge in [0.25, 0.3) is 5.91 Å². The van der Waals surface area contributed by atoms with Gasteiger partial charge in [-0.15, -0.1) is 11.3 Å². The second-order valence-corrected chi connectivity index (χ2v) is 7.10. The third kappa shape index (κ3) is 4.42. The summed E-state index contributed by atoms with van der Waals surface area (Å²) in [6.45, 7) is 2.71. The molecule has 0 spiro atoms. The van der Waals surface area contributed by atoms with Crippen LogP contribution in [0, 0.1) is 5.82 Å². The van der Waals surface area contributed by atoms with Crippen LogP contribution in [0.15, 0.2) is 29.6 Å². The highest BCUT2D eigenvalue weighted by atomic mass is 32.1. The van der Waals surface area contributed by atoms with Crippen LogP contribution in [-0.4, -0.2) is 40.8 Å². The Morgan fingerprint density at radius 3 is 2.72 bits per heavy atom. The lowest BCUT2D eigenvalue weighted by molar-refractivity contribution is -0.119. The zero-order valence-corrected chi connectivity index (χ0v) is 14.8. The topological polar surface area (TPSA) is 62.3 Å². The zero-order chi connectivity index (χ0) is 17.8. The molecule has 0 aliphatic carbocycles. The lowest BCUT2D eigenvalue weighted by atomic mass is 10.0. The number of carbonyl (C=O) groups is 2. The molecule has 2 amide bonds. The number of nitrogens with zero attached hydrogens (tertiary/aromatic N) is 2. The van der Waals surface area contributed by atoms with Gasteiger partial charge in [-0.25, -0.2) is 9.37 Å². The normalized spacial score (nSPS) is 15.2. The predicted octanol–water partition coefficient (Wildman–Crippen LogP) is 2.61. The Morgan fingerprint density at radius 1 is 1.32 bits per heavy atom. The van der Waals surface area contributed by atoms with E-state index in [9.17, 15) is 14.0 Å². The van der Waals surface area contributed by atoms with Gasteiger partial charge in [0.05, 0.1) is 5.01 Å². The van der Waals surface area contributed by atoms with Crippen molar-refractivity contribution in [3.05, 3.63) is 51.7 Å². The fourth-order valence-electron chi connectivity index (χ4n) is 2.97. The molecule has 5 nitrogen and oxygen atoms in total. The quantitative estimate of drug-likeness (QED) is 0.911. The van der Waals surface area contributed by atoms with E-state index in [-0.39, 0.29) is 23.7 Å². The van der Waals surface area contributed by atoms with E-state index in [1.807, 2.05) is 0 Å². The molecular formula is C18H20FN3O2S. The molecule has 1 aliphatic rings. The number of rotatable bonds is 4. The van der Waals surface area contributed by atoms with Gasteiger partial charge in [-0.1, -0.05) is 18.2 Å². The molecule has 1 aromatic carbocycles. The molecule has 0 unspecified atom stereocenters. The monoisotopic (exact) mass is 361 g/mol. The summed E-state index contributed by atoms with van der Waals surface area (Å²) in [6.07, 6.45) is 1.88. The van der Waals surface area contributed by atoms with Crippen LogP contribution in [0.5, 0.6) is 0 Å². The molecule has 25 heavy (non-hydrogen) atoms. The van der Waals surface area contributed by atoms with Gasteiger partial charge in [0.15, 0.2) is 0 Å². The molecule has 2 heterocycles. The Kier molecular flexibility index (Phi) is 5.43. The SMILES string of the molecule is CC(=O)NC1CCN(C(=O)c2csc(Cc3ccccc3F)n2)CC1. The highest BCUT2D eigenvalue weighted by molar-refractivity contribution is 7.09. The van der Waals surface area contributed by atoms with Gasteiger partial charge in [-0.3, -0.25) is 9.59 Å². The van der Waals surface area contributed by atoms with Gasteiger partial charge in [-0.2, -0.15) is 0 Å². The van der Waals surface area contributed by atoms with Gasteiger partial charge in [-0.05, 0) is 24.5 Å². The number of carbonyl (C=O) groups excluding carboxylic acids is 2. The summed E-state index contributed by atoms with van der Waals surface area (Å²) in [5.74, 6) is -0.398. The number of hydrogen-bond acceptors (Lipinski definition) is 4. The summed E-state index contributed by atoms with van der Waals surface area (Å²) >= 11 is 1.37. The Labute approximate surface area is 149 Å². The van der Waals surface area contributed by atoms with E-state index in [1.165, 1.54) is 24.3 Å². The first-order valence-electron chi connectivity index (χ1n) is 8.27. The standard InChI is InChI=1S/C18H20FN3O2S/c1-12(23)20-14-6-8-22(9-7-14)18(24)16-11-25-17(21-16)10-13-4-2-3-5-15(13)19/h2-5,11,14H,6-10H2,1H3,(H,20,23). The summed E-state index contributed by atoms with van der Waals surface area (Å²) in [6, 6.07) is 6.73. The third-order valence-corrected chi connectivity index (χ3v) is 5.11. The van der Waals surface area contributed by atoms with Crippen molar-refractivity contribution >= 4 is 23.2 Å². The van der Waals surface area contributed by atoms with Crippen molar-refractivity contribution in [2.75, 3.05) is 13.1 Å². The summed E-state index contributed by atoms with van der Waals surface area (Å²) in [4.78, 5) is 29.8. The maximum Gasteiger partial charge on any atom is 0.273 e. The fraction of sp³-hybridized carbons (Fsp3) is 0.389. The predicted molar refractivity (Wildman–Crippen MR) is 94.1 cm³/mol. The highest BCUT2D eigenvalue weighted by Gasteiger charge is 2.25. The Morgan fingerprint density at radius 2 is 2.04 bits per heavy atom. The van der Waals surface area contributed by atoms with E-state index < -0.39 is 0 Å². The molecule has 0 saturated carbocycles. The molecule has 7 heteroatoms. The molecule has 3 rings (SSSR count). The van der Waals surface area contributed by atoms with Crippen molar-refractivity contribution in [1.29, 1.82) is 0 Å². The van der Waals surface area contributed by atoms with Gasteiger partial charge < -0.3 is 10.2 Å². The van der Waals surface area contributed by atoms with Crippen molar-refractivity contribution in [2.45, 2.75) is 32.2 Å². The number of hydrogen-bond donors (Lipinski definition) is 1. The zero-order valence-electron chi connectivity index (χ0n) is 14.0. The number of nitrogens with one attached hydrogen (secondary N) is 1. The first-order valence-corrected chi connectivity index (χ1v) is 9.15. The van der Waals surface area contributed by atoms with Crippen LogP contribution in [-0.2, 0) is 11.2 Å². The molecule has 2 aromatic rings. The van der Waals surface area contributed by atoms with Crippen molar-refractivity contribution in [2.24, 2.45) is 0 Å². The molecule has 0 atom stereocenters. The van der Waals surface area contributed by atoms with E-state index in [2.05, 4.69) is 10.3 Å². The first-order chi connectivity index (χ1) is 12.0. The molecule has 1 fully saturated rings. The summed E-state index contributed by atoms with van der Waals surface area (Å²) < 4.78 is 13.7. The maximum absolute atomic E-state index is 13.7. The minimum Gasteiger partial charge on any atom is -0.353 e. The van der Waals surface area contributed by atoms with Crippen molar-refractivity contribution < 1.29 is 14.0 Å². The van der Waals surface area contributed by atoms with Crippen molar-refractivity contribution in [3.8, 4) is 0 Å². The molecule has 1 aromatic heterocycles. The van der Waals surface area contributed by atoms with Crippen LogP contribution < -0.4 is 5.32 Å². The largest absolute Gasteiger partial charge is 0.353 e. The summed E-state index contributed by atoms with van der Waals surface area (Å²) in [5.41, 5.74) is 0.987. The lowest BCUT2D eigenvalue weighted by Gasteiger charge is -2.31. The van der Waals surface area contributed by atoms with Crippen molar-refractivity contribution in [3.63, 3.8) is 0 Å². The van der Waals surface area contributed by atoms with Crippen molar-refractivity contribution in [1.82, 2.24) is 15.2 Å². The summed E-state index contributed by atoms with van der Waals surface area (Å²) in [7, 11) is 0. The van der Waals surface area contributed by atoms with Gasteiger partial charge in [0.2, 0.25) is 5.91 Å². The van der Waals surface area contributed by atoms with Crippen LogP contribution in [0.25, 0.3) is 0 Å². The molecule has 0 bridgehead atoms. The molecule has 132 valence electrons.